The Hall–Kier alpha value is -0.370. The molecule has 26 heavy (non-hydrogen) atoms. The Morgan fingerprint density at radius 3 is 2.65 bits per heavy atom. The van der Waals surface area contributed by atoms with Gasteiger partial charge in [-0.3, -0.25) is 0 Å². The first-order valence-corrected chi connectivity index (χ1v) is 10.9. The molecule has 0 heterocycles. The van der Waals surface area contributed by atoms with Gasteiger partial charge in [0.15, 0.2) is 0 Å². The van der Waals surface area contributed by atoms with Crippen molar-refractivity contribution in [1.82, 2.24) is 0 Å². The first-order chi connectivity index (χ1) is 12.2. The van der Waals surface area contributed by atoms with E-state index in [2.05, 4.69) is 34.2 Å². The van der Waals surface area contributed by atoms with Crippen LogP contribution in [0.3, 0.4) is 0 Å². The van der Waals surface area contributed by atoms with Crippen molar-refractivity contribution in [2.24, 2.45) is 34.5 Å². The fourth-order valence-corrected chi connectivity index (χ4v) is 7.86. The van der Waals surface area contributed by atoms with E-state index in [0.717, 1.165) is 37.0 Å². The van der Waals surface area contributed by atoms with Gasteiger partial charge in [0.05, 0.1) is 0 Å². The maximum absolute atomic E-state index is 10.6. The van der Waals surface area contributed by atoms with Gasteiger partial charge in [-0.05, 0) is 0 Å². The van der Waals surface area contributed by atoms with Gasteiger partial charge in [-0.1, -0.05) is 0 Å². The molecule has 0 amide bonds. The summed E-state index contributed by atoms with van der Waals surface area (Å²) in [5.41, 5.74) is 1.83. The van der Waals surface area contributed by atoms with Gasteiger partial charge in [0.25, 0.3) is 0 Å². The Morgan fingerprint density at radius 1 is 1.15 bits per heavy atom. The zero-order valence-electron chi connectivity index (χ0n) is 17.3. The van der Waals surface area contributed by atoms with Gasteiger partial charge in [0, 0.05) is 0 Å². The summed E-state index contributed by atoms with van der Waals surface area (Å²) in [6.45, 7) is 9.35. The Morgan fingerprint density at radius 2 is 1.92 bits per heavy atom. The second-order valence-electron chi connectivity index (χ2n) is 10.7. The molecular weight excluding hydrogens is 318 g/mol. The van der Waals surface area contributed by atoms with Crippen LogP contribution in [0.4, 0.5) is 0 Å². The van der Waals surface area contributed by atoms with Crippen molar-refractivity contribution in [2.75, 3.05) is 0 Å². The molecule has 0 aromatic carbocycles. The molecule has 0 bridgehead atoms. The zero-order valence-corrected chi connectivity index (χ0v) is 17.3. The van der Waals surface area contributed by atoms with Crippen LogP contribution in [-0.4, -0.2) is 31.2 Å². The van der Waals surface area contributed by atoms with Gasteiger partial charge in [0.1, 0.15) is 0 Å². The molecule has 4 aliphatic carbocycles. The van der Waals surface area contributed by atoms with E-state index >= 15 is 0 Å². The Kier molecular flexibility index (Phi) is 4.61. The third-order valence-corrected chi connectivity index (χ3v) is 9.33. The minimum absolute atomic E-state index is 0.286. The summed E-state index contributed by atoms with van der Waals surface area (Å²) in [6, 6.07) is 0. The third-order valence-electron chi connectivity index (χ3n) is 9.33. The average Bonchev–Trinajstić information content (AvgIpc) is 2.93. The number of hydrogen-bond donors (Lipinski definition) is 1. The van der Waals surface area contributed by atoms with E-state index < -0.39 is 5.60 Å². The topological polar surface area (TPSA) is 29.5 Å². The summed E-state index contributed by atoms with van der Waals surface area (Å²) in [7, 11) is 5.42. The molecule has 3 fully saturated rings. The SMILES string of the molecule is B=BOC(C)[C@H]1CCC2[C@@H]3CC=C4C[C@@](C)(O)CC[C@]4(C)[C@H]3CC[C@@]21C. The van der Waals surface area contributed by atoms with Crippen LogP contribution in [0.1, 0.15) is 79.1 Å². The summed E-state index contributed by atoms with van der Waals surface area (Å²) in [5.74, 6) is 3.13. The number of aliphatic hydroxyl groups is 1. The minimum atomic E-state index is -0.489. The summed E-state index contributed by atoms with van der Waals surface area (Å²) < 4.78 is 5.83. The molecule has 0 saturated heterocycles. The number of allylic oxidation sites excluding steroid dienone is 1. The van der Waals surface area contributed by atoms with Crippen molar-refractivity contribution in [3.8, 4) is 0 Å². The van der Waals surface area contributed by atoms with E-state index in [1.807, 2.05) is 6.92 Å². The predicted molar refractivity (Wildman–Crippen MR) is 109 cm³/mol. The van der Waals surface area contributed by atoms with Gasteiger partial charge in [0.2, 0.25) is 0 Å². The molecule has 4 heteroatoms. The molecule has 8 atom stereocenters. The molecular formula is C22H36B2O2. The molecule has 2 nitrogen and oxygen atoms in total. The van der Waals surface area contributed by atoms with E-state index in [9.17, 15) is 5.11 Å². The quantitative estimate of drug-likeness (QED) is 0.609. The van der Waals surface area contributed by atoms with Crippen LogP contribution in [0.5, 0.6) is 0 Å². The fraction of sp³-hybridized carbons (Fsp3) is 0.909. The predicted octanol–water partition coefficient (Wildman–Crippen LogP) is 4.16. The van der Waals surface area contributed by atoms with E-state index in [-0.39, 0.29) is 6.10 Å². The first-order valence-electron chi connectivity index (χ1n) is 10.9. The Labute approximate surface area is 161 Å². The van der Waals surface area contributed by atoms with Crippen LogP contribution in [-0.2, 0) is 4.65 Å². The van der Waals surface area contributed by atoms with Gasteiger partial charge in [-0.15, -0.1) is 0 Å². The van der Waals surface area contributed by atoms with Crippen LogP contribution < -0.4 is 0 Å². The van der Waals surface area contributed by atoms with Crippen LogP contribution in [0.15, 0.2) is 11.6 Å². The summed E-state index contributed by atoms with van der Waals surface area (Å²) >= 11 is 0. The molecule has 0 aromatic heterocycles. The van der Waals surface area contributed by atoms with Crippen molar-refractivity contribution in [3.63, 3.8) is 0 Å². The summed E-state index contributed by atoms with van der Waals surface area (Å²) in [4.78, 5) is 0. The molecule has 2 unspecified atom stereocenters. The third kappa shape index (κ3) is 2.73. The molecule has 1 N–H and O–H groups in total. The molecule has 3 saturated carbocycles. The van der Waals surface area contributed by atoms with Crippen LogP contribution >= 0.6 is 0 Å². The Bertz CT molecular complexity index is 615. The molecule has 142 valence electrons. The van der Waals surface area contributed by atoms with Crippen LogP contribution in [0.25, 0.3) is 0 Å². The van der Waals surface area contributed by atoms with E-state index in [0.29, 0.717) is 16.7 Å². The molecule has 0 aliphatic heterocycles. The van der Waals surface area contributed by atoms with E-state index in [1.54, 1.807) is 12.6 Å². The van der Waals surface area contributed by atoms with E-state index in [4.69, 9.17) is 4.65 Å². The summed E-state index contributed by atoms with van der Waals surface area (Å²) in [5, 5.41) is 10.6. The second-order valence-corrected chi connectivity index (χ2v) is 10.7. The van der Waals surface area contributed by atoms with Crippen molar-refractivity contribution in [2.45, 2.75) is 90.8 Å². The monoisotopic (exact) mass is 354 g/mol. The molecule has 4 rings (SSSR count). The van der Waals surface area contributed by atoms with Gasteiger partial charge >= 0.3 is 161 Å². The van der Waals surface area contributed by atoms with Crippen molar-refractivity contribution >= 4 is 14.4 Å². The maximum atomic E-state index is 10.6. The van der Waals surface area contributed by atoms with Gasteiger partial charge in [-0.2, -0.15) is 0 Å². The number of fused-ring (bicyclic) bond motifs is 5. The van der Waals surface area contributed by atoms with E-state index in [1.165, 1.54) is 32.1 Å². The normalized spacial score (nSPS) is 51.3. The van der Waals surface area contributed by atoms with Crippen molar-refractivity contribution in [1.29, 1.82) is 0 Å². The van der Waals surface area contributed by atoms with Crippen LogP contribution in [0, 0.1) is 34.5 Å². The van der Waals surface area contributed by atoms with Crippen molar-refractivity contribution in [3.05, 3.63) is 11.6 Å². The average molecular weight is 354 g/mol. The second kappa shape index (κ2) is 6.32. The summed E-state index contributed by atoms with van der Waals surface area (Å²) in [6.07, 6.45) is 12.4. The Balaban J connectivity index is 1.61. The first kappa shape index (κ1) is 19.0. The standard InChI is InChI=1S/C22H36B2O2/c1-14(26-24-23)17-7-8-18-16-6-5-15-13-20(2,25)11-12-21(15,3)19(16)9-10-22(17,18)4/h5,14,16-19,23,25H,6-13H2,1-4H3/t14?,16-,17+,18?,19-,20-,21-,22+/m0/s1. The fourth-order valence-electron chi connectivity index (χ4n) is 7.86. The van der Waals surface area contributed by atoms with Gasteiger partial charge in [-0.25, -0.2) is 0 Å². The zero-order chi connectivity index (χ0) is 18.7. The van der Waals surface area contributed by atoms with Crippen LogP contribution in [0.2, 0.25) is 0 Å². The number of hydrogen-bond acceptors (Lipinski definition) is 2. The number of rotatable bonds is 3. The molecule has 0 spiro atoms. The van der Waals surface area contributed by atoms with Crippen molar-refractivity contribution < 1.29 is 9.76 Å². The van der Waals surface area contributed by atoms with Gasteiger partial charge < -0.3 is 0 Å². The molecule has 4 aliphatic rings. The molecule has 0 aromatic rings. The molecule has 0 radical (unpaired) electrons.